The van der Waals surface area contributed by atoms with Crippen molar-refractivity contribution in [2.75, 3.05) is 6.61 Å². The van der Waals surface area contributed by atoms with Gasteiger partial charge in [-0.2, -0.15) is 0 Å². The first-order valence-electron chi connectivity index (χ1n) is 8.71. The Labute approximate surface area is 166 Å². The zero-order valence-electron chi connectivity index (χ0n) is 15.3. The lowest BCUT2D eigenvalue weighted by Gasteiger charge is -2.46. The first-order valence-corrected chi connectivity index (χ1v) is 9.70. The number of aliphatic hydroxyl groups is 4. The Morgan fingerprint density at radius 2 is 1.96 bits per heavy atom. The van der Waals surface area contributed by atoms with Crippen molar-refractivity contribution in [1.82, 2.24) is 5.32 Å². The minimum atomic E-state index is -1.91. The van der Waals surface area contributed by atoms with Crippen molar-refractivity contribution in [3.63, 3.8) is 0 Å². The smallest absolute Gasteiger partial charge is 0.346 e. The number of nitrogens with one attached hydrogen (secondary N) is 1. The molecule has 1 amide bonds. The molecule has 0 aromatic heterocycles. The third-order valence-corrected chi connectivity index (χ3v) is 5.88. The van der Waals surface area contributed by atoms with Gasteiger partial charge in [-0.3, -0.25) is 4.79 Å². The molecule has 0 bridgehead atoms. The lowest BCUT2D eigenvalue weighted by atomic mass is 9.90. The molecule has 0 saturated carbocycles. The first-order chi connectivity index (χ1) is 13.2. The van der Waals surface area contributed by atoms with Gasteiger partial charge in [0.15, 0.2) is 0 Å². The number of carboxylic acid groups (broad SMARTS) is 1. The van der Waals surface area contributed by atoms with Crippen LogP contribution < -0.4 is 5.32 Å². The molecule has 1 aromatic carbocycles. The van der Waals surface area contributed by atoms with Crippen LogP contribution in [0.5, 0.6) is 0 Å². The van der Waals surface area contributed by atoms with Gasteiger partial charge in [-0.25, -0.2) is 4.79 Å². The van der Waals surface area contributed by atoms with Gasteiger partial charge in [0.05, 0.1) is 18.8 Å². The van der Waals surface area contributed by atoms with Crippen LogP contribution in [0.25, 0.3) is 0 Å². The average molecular weight is 415 g/mol. The summed E-state index contributed by atoms with van der Waals surface area (Å²) in [5.41, 5.74) is 0.836. The van der Waals surface area contributed by atoms with Crippen molar-refractivity contribution < 1.29 is 39.9 Å². The molecule has 9 nitrogen and oxygen atoms in total. The van der Waals surface area contributed by atoms with Gasteiger partial charge in [0.25, 0.3) is 0 Å². The lowest BCUT2D eigenvalue weighted by Crippen LogP contribution is -2.66. The van der Waals surface area contributed by atoms with E-state index in [0.717, 1.165) is 17.3 Å². The second-order valence-electron chi connectivity index (χ2n) is 6.65. The molecule has 156 valence electrons. The van der Waals surface area contributed by atoms with Crippen LogP contribution in [0.15, 0.2) is 30.3 Å². The average Bonchev–Trinajstić information content (AvgIpc) is 2.67. The lowest BCUT2D eigenvalue weighted by molar-refractivity contribution is -0.205. The fourth-order valence-electron chi connectivity index (χ4n) is 3.05. The van der Waals surface area contributed by atoms with E-state index in [1.54, 1.807) is 12.1 Å². The molecule has 0 aliphatic carbocycles. The zero-order valence-corrected chi connectivity index (χ0v) is 16.1. The van der Waals surface area contributed by atoms with Gasteiger partial charge >= 0.3 is 5.97 Å². The minimum absolute atomic E-state index is 0.260. The highest BCUT2D eigenvalue weighted by atomic mass is 32.2. The molecule has 6 N–H and O–H groups in total. The molecule has 0 radical (unpaired) electrons. The van der Waals surface area contributed by atoms with E-state index >= 15 is 0 Å². The van der Waals surface area contributed by atoms with Gasteiger partial charge in [-0.05, 0) is 5.56 Å². The van der Waals surface area contributed by atoms with Gasteiger partial charge in [0.2, 0.25) is 10.8 Å². The van der Waals surface area contributed by atoms with Crippen LogP contribution in [0.4, 0.5) is 0 Å². The number of carbonyl (C=O) groups excluding carboxylic acids is 1. The summed E-state index contributed by atoms with van der Waals surface area (Å²) in [4.78, 5) is 21.6. The SMILES string of the molecule is CC(=O)N[C@H]1[C@H]([C@H](O)[C@H](O)CO)O[C@](SCc2ccccc2)(C(=O)O)C[C@@H]1O. The monoisotopic (exact) mass is 415 g/mol. The number of hydrogen-bond acceptors (Lipinski definition) is 8. The van der Waals surface area contributed by atoms with E-state index in [4.69, 9.17) is 9.84 Å². The summed E-state index contributed by atoms with van der Waals surface area (Å²) >= 11 is 0.921. The predicted molar refractivity (Wildman–Crippen MR) is 100 cm³/mol. The maximum atomic E-state index is 12.0. The normalized spacial score (nSPS) is 29.7. The van der Waals surface area contributed by atoms with Gasteiger partial charge < -0.3 is 35.6 Å². The number of aliphatic hydroxyl groups excluding tert-OH is 4. The molecule has 28 heavy (non-hydrogen) atoms. The van der Waals surface area contributed by atoms with E-state index in [2.05, 4.69) is 5.32 Å². The standard InChI is InChI=1S/C18H25NO8S/c1-10(21)19-14-12(22)7-18(17(25)26,27-16(14)15(24)13(23)8-20)28-9-11-5-3-2-4-6-11/h2-6,12-16,20,22-24H,7-9H2,1H3,(H,19,21)(H,25,26)/t12-,13+,14+,15+,16+,18+/m0/s1. The summed E-state index contributed by atoms with van der Waals surface area (Å²) in [6.07, 6.45) is -6.52. The van der Waals surface area contributed by atoms with E-state index < -0.39 is 53.9 Å². The number of ether oxygens (including phenoxy) is 1. The first kappa shape index (κ1) is 22.6. The molecule has 1 aliphatic heterocycles. The highest BCUT2D eigenvalue weighted by Crippen LogP contribution is 2.41. The van der Waals surface area contributed by atoms with E-state index in [1.807, 2.05) is 18.2 Å². The molecule has 6 atom stereocenters. The molecular weight excluding hydrogens is 390 g/mol. The summed E-state index contributed by atoms with van der Waals surface area (Å²) in [5.74, 6) is -1.62. The third kappa shape index (κ3) is 5.22. The van der Waals surface area contributed by atoms with E-state index in [0.29, 0.717) is 0 Å². The minimum Gasteiger partial charge on any atom is -0.478 e. The summed E-state index contributed by atoms with van der Waals surface area (Å²) in [7, 11) is 0. The maximum Gasteiger partial charge on any atom is 0.346 e. The highest BCUT2D eigenvalue weighted by Gasteiger charge is 2.54. The van der Waals surface area contributed by atoms with Crippen LogP contribution in [0.1, 0.15) is 18.9 Å². The topological polar surface area (TPSA) is 157 Å². The van der Waals surface area contributed by atoms with Crippen LogP contribution in [-0.4, -0.2) is 79.4 Å². The molecular formula is C18H25NO8S. The number of benzene rings is 1. The fourth-order valence-corrected chi connectivity index (χ4v) is 4.23. The number of amides is 1. The van der Waals surface area contributed by atoms with Gasteiger partial charge in [-0.15, -0.1) is 11.8 Å². The summed E-state index contributed by atoms with van der Waals surface area (Å²) in [6, 6.07) is 7.89. The number of thioether (sulfide) groups is 1. The Hall–Kier alpha value is -1.69. The Morgan fingerprint density at radius 3 is 2.50 bits per heavy atom. The van der Waals surface area contributed by atoms with E-state index in [9.17, 15) is 30.0 Å². The second-order valence-corrected chi connectivity index (χ2v) is 7.89. The van der Waals surface area contributed by atoms with Gasteiger partial charge in [0, 0.05) is 19.1 Å². The van der Waals surface area contributed by atoms with Crippen molar-refractivity contribution in [2.24, 2.45) is 0 Å². The van der Waals surface area contributed by atoms with E-state index in [-0.39, 0.29) is 12.2 Å². The molecule has 1 saturated heterocycles. The molecule has 2 rings (SSSR count). The Bertz CT molecular complexity index is 675. The van der Waals surface area contributed by atoms with Crippen molar-refractivity contribution in [3.05, 3.63) is 35.9 Å². The van der Waals surface area contributed by atoms with Crippen molar-refractivity contribution in [1.29, 1.82) is 0 Å². The predicted octanol–water partition coefficient (Wildman–Crippen LogP) is -0.931. The van der Waals surface area contributed by atoms with Crippen LogP contribution >= 0.6 is 11.8 Å². The number of carboxylic acids is 1. The van der Waals surface area contributed by atoms with Crippen LogP contribution in [-0.2, 0) is 20.1 Å². The van der Waals surface area contributed by atoms with Crippen LogP contribution in [0.2, 0.25) is 0 Å². The Balaban J connectivity index is 2.31. The maximum absolute atomic E-state index is 12.0. The van der Waals surface area contributed by atoms with E-state index in [1.165, 1.54) is 6.92 Å². The second kappa shape index (κ2) is 9.68. The number of rotatable bonds is 8. The third-order valence-electron chi connectivity index (χ3n) is 4.50. The molecule has 0 unspecified atom stereocenters. The molecule has 0 spiro atoms. The van der Waals surface area contributed by atoms with Gasteiger partial charge in [0.1, 0.15) is 18.3 Å². The van der Waals surface area contributed by atoms with Gasteiger partial charge in [-0.1, -0.05) is 30.3 Å². The van der Waals surface area contributed by atoms with Crippen molar-refractivity contribution in [2.45, 2.75) is 54.5 Å². The molecule has 1 aromatic rings. The number of aliphatic carboxylic acids is 1. The van der Waals surface area contributed by atoms with Crippen molar-refractivity contribution in [3.8, 4) is 0 Å². The Kier molecular flexibility index (Phi) is 7.81. The van der Waals surface area contributed by atoms with Crippen LogP contribution in [0, 0.1) is 0 Å². The van der Waals surface area contributed by atoms with Crippen molar-refractivity contribution >= 4 is 23.6 Å². The molecule has 1 fully saturated rings. The number of hydrogen-bond donors (Lipinski definition) is 6. The molecule has 1 aliphatic rings. The summed E-state index contributed by atoms with van der Waals surface area (Å²) < 4.78 is 5.69. The van der Waals surface area contributed by atoms with Crippen LogP contribution in [0.3, 0.4) is 0 Å². The zero-order chi connectivity index (χ0) is 20.9. The fraction of sp³-hybridized carbons (Fsp3) is 0.556. The number of carbonyl (C=O) groups is 2. The Morgan fingerprint density at radius 1 is 1.32 bits per heavy atom. The molecule has 10 heteroatoms. The largest absolute Gasteiger partial charge is 0.478 e. The highest BCUT2D eigenvalue weighted by molar-refractivity contribution is 8.00. The molecule has 1 heterocycles. The summed E-state index contributed by atoms with van der Waals surface area (Å²) in [5, 5.41) is 52.1. The quantitative estimate of drug-likeness (QED) is 0.316. The summed E-state index contributed by atoms with van der Waals surface area (Å²) in [6.45, 7) is 0.392.